The number of ketones is 1. The van der Waals surface area contributed by atoms with Gasteiger partial charge in [-0.2, -0.15) is 5.11 Å². The number of hydrogen-bond acceptors (Lipinski definition) is 10. The Morgan fingerprint density at radius 1 is 0.780 bits per heavy atom. The number of ether oxygens (including phenoxy) is 2. The molecule has 0 aliphatic carbocycles. The minimum Gasteiger partial charge on any atom is -0.507 e. The molecule has 3 rings (SSSR count). The molecule has 0 aliphatic heterocycles. The molecule has 0 aliphatic rings. The molecule has 41 heavy (non-hydrogen) atoms. The number of allylic oxidation sites excluding steroid dienone is 2. The molecule has 3 aromatic carbocycles. The summed E-state index contributed by atoms with van der Waals surface area (Å²) in [6, 6.07) is 17.7. The van der Waals surface area contributed by atoms with Gasteiger partial charge in [0.15, 0.2) is 5.78 Å². The first-order valence-electron chi connectivity index (χ1n) is 12.8. The molecule has 0 bridgehead atoms. The van der Waals surface area contributed by atoms with Crippen LogP contribution in [0.3, 0.4) is 0 Å². The summed E-state index contributed by atoms with van der Waals surface area (Å²) < 4.78 is 10.4. The zero-order valence-corrected chi connectivity index (χ0v) is 22.8. The van der Waals surface area contributed by atoms with Gasteiger partial charge < -0.3 is 24.6 Å². The number of carbonyl (C=O) groups excluding carboxylic acids is 3. The van der Waals surface area contributed by atoms with Crippen LogP contribution in [0.1, 0.15) is 29.8 Å². The molecule has 0 spiro atoms. The average Bonchev–Trinajstić information content (AvgIpc) is 2.97. The van der Waals surface area contributed by atoms with Crippen LogP contribution in [-0.2, 0) is 19.1 Å². The molecule has 2 N–H and O–H groups in total. The molecule has 0 atom stereocenters. The first-order valence-corrected chi connectivity index (χ1v) is 12.8. The van der Waals surface area contributed by atoms with Gasteiger partial charge in [0.25, 0.3) is 0 Å². The Labute approximate surface area is 237 Å². The SMILES string of the molecule is CC=CC(=O)OCCN(CCOC(=O)C=CC)c1ccc(N=Nc2cc(C(=O)c3ccccc3)c(O)cc2O)cc1. The molecule has 0 amide bonds. The van der Waals surface area contributed by atoms with Crippen molar-refractivity contribution in [1.29, 1.82) is 0 Å². The lowest BCUT2D eigenvalue weighted by atomic mass is 10.0. The van der Waals surface area contributed by atoms with Gasteiger partial charge in [0.1, 0.15) is 30.4 Å². The monoisotopic (exact) mass is 557 g/mol. The Morgan fingerprint density at radius 2 is 1.37 bits per heavy atom. The van der Waals surface area contributed by atoms with E-state index in [2.05, 4.69) is 10.2 Å². The lowest BCUT2D eigenvalue weighted by molar-refractivity contribution is -0.137. The molecule has 10 heteroatoms. The van der Waals surface area contributed by atoms with Gasteiger partial charge >= 0.3 is 11.9 Å². The lowest BCUT2D eigenvalue weighted by Crippen LogP contribution is -2.31. The topological polar surface area (TPSA) is 138 Å². The molecule has 212 valence electrons. The molecule has 0 fully saturated rings. The fourth-order valence-corrected chi connectivity index (χ4v) is 3.67. The van der Waals surface area contributed by atoms with E-state index in [1.165, 1.54) is 18.2 Å². The third-order valence-corrected chi connectivity index (χ3v) is 5.68. The van der Waals surface area contributed by atoms with Gasteiger partial charge in [0.2, 0.25) is 0 Å². The number of phenolic OH excluding ortho intramolecular Hbond substituents is 2. The Kier molecular flexibility index (Phi) is 11.4. The van der Waals surface area contributed by atoms with Crippen LogP contribution < -0.4 is 4.90 Å². The second kappa shape index (κ2) is 15.4. The van der Waals surface area contributed by atoms with E-state index in [1.807, 2.05) is 4.90 Å². The van der Waals surface area contributed by atoms with Crippen molar-refractivity contribution in [3.05, 3.63) is 102 Å². The van der Waals surface area contributed by atoms with Crippen molar-refractivity contribution in [1.82, 2.24) is 0 Å². The highest BCUT2D eigenvalue weighted by Gasteiger charge is 2.17. The highest BCUT2D eigenvalue weighted by Crippen LogP contribution is 2.35. The number of nitrogens with zero attached hydrogens (tertiary/aromatic N) is 3. The Balaban J connectivity index is 1.74. The number of aromatic hydroxyl groups is 2. The van der Waals surface area contributed by atoms with Crippen LogP contribution in [0.15, 0.2) is 101 Å². The first kappa shape index (κ1) is 30.3. The van der Waals surface area contributed by atoms with Crippen LogP contribution in [0.5, 0.6) is 11.5 Å². The maximum absolute atomic E-state index is 12.8. The summed E-state index contributed by atoms with van der Waals surface area (Å²) >= 11 is 0. The zero-order valence-electron chi connectivity index (χ0n) is 22.8. The number of rotatable bonds is 13. The van der Waals surface area contributed by atoms with Gasteiger partial charge in [0, 0.05) is 29.5 Å². The summed E-state index contributed by atoms with van der Waals surface area (Å²) in [6.07, 6.45) is 5.84. The molecular weight excluding hydrogens is 526 g/mol. The summed E-state index contributed by atoms with van der Waals surface area (Å²) in [7, 11) is 0. The largest absolute Gasteiger partial charge is 0.507 e. The molecular formula is C31H31N3O7. The number of azo groups is 1. The number of anilines is 1. The molecule has 0 radical (unpaired) electrons. The Morgan fingerprint density at radius 3 is 1.93 bits per heavy atom. The highest BCUT2D eigenvalue weighted by atomic mass is 16.5. The van der Waals surface area contributed by atoms with Crippen molar-refractivity contribution in [2.24, 2.45) is 10.2 Å². The van der Waals surface area contributed by atoms with E-state index in [0.717, 1.165) is 11.8 Å². The van der Waals surface area contributed by atoms with E-state index >= 15 is 0 Å². The number of carbonyl (C=O) groups is 3. The molecule has 10 nitrogen and oxygen atoms in total. The summed E-state index contributed by atoms with van der Waals surface area (Å²) in [5.74, 6) is -2.02. The molecule has 0 heterocycles. The first-order chi connectivity index (χ1) is 19.8. The fourth-order valence-electron chi connectivity index (χ4n) is 3.67. The third kappa shape index (κ3) is 9.17. The predicted octanol–water partition coefficient (Wildman–Crippen LogP) is 5.79. The van der Waals surface area contributed by atoms with E-state index in [1.54, 1.807) is 80.6 Å². The van der Waals surface area contributed by atoms with Crippen LogP contribution in [0, 0.1) is 0 Å². The number of benzene rings is 3. The highest BCUT2D eigenvalue weighted by molar-refractivity contribution is 6.11. The van der Waals surface area contributed by atoms with Gasteiger partial charge in [-0.25, -0.2) is 9.59 Å². The minimum atomic E-state index is -0.450. The number of hydrogen-bond donors (Lipinski definition) is 2. The van der Waals surface area contributed by atoms with Crippen molar-refractivity contribution < 1.29 is 34.1 Å². The second-order valence-electron chi connectivity index (χ2n) is 8.59. The lowest BCUT2D eigenvalue weighted by Gasteiger charge is -2.24. The van der Waals surface area contributed by atoms with Gasteiger partial charge in [-0.1, -0.05) is 42.5 Å². The Bertz CT molecular complexity index is 1400. The van der Waals surface area contributed by atoms with E-state index in [-0.39, 0.29) is 36.0 Å². The van der Waals surface area contributed by atoms with Gasteiger partial charge in [-0.05, 0) is 44.2 Å². The number of esters is 2. The quantitative estimate of drug-likeness (QED) is 0.117. The fraction of sp³-hybridized carbons (Fsp3) is 0.194. The van der Waals surface area contributed by atoms with E-state index in [4.69, 9.17) is 9.47 Å². The van der Waals surface area contributed by atoms with E-state index in [9.17, 15) is 24.6 Å². The van der Waals surface area contributed by atoms with Crippen molar-refractivity contribution in [3.63, 3.8) is 0 Å². The van der Waals surface area contributed by atoms with E-state index in [0.29, 0.717) is 24.3 Å². The standard InChI is InChI=1S/C31H31N3O7/c1-3-8-29(37)40-18-16-34(17-19-41-30(38)9-4-2)24-14-12-23(13-15-24)32-33-26-20-25(27(35)21-28(26)36)31(39)22-10-6-5-7-11-22/h3-15,20-21,35-36H,16-19H2,1-2H3. The minimum absolute atomic E-state index is 0.0127. The molecule has 0 saturated carbocycles. The normalized spacial score (nSPS) is 11.3. The summed E-state index contributed by atoms with van der Waals surface area (Å²) in [4.78, 5) is 38.0. The van der Waals surface area contributed by atoms with Gasteiger partial charge in [-0.3, -0.25) is 4.79 Å². The smallest absolute Gasteiger partial charge is 0.330 e. The van der Waals surface area contributed by atoms with Crippen molar-refractivity contribution in [2.45, 2.75) is 13.8 Å². The Hall–Kier alpha value is -5.25. The predicted molar refractivity (Wildman–Crippen MR) is 154 cm³/mol. The van der Waals surface area contributed by atoms with E-state index < -0.39 is 17.7 Å². The zero-order chi connectivity index (χ0) is 29.6. The summed E-state index contributed by atoms with van der Waals surface area (Å²) in [5.41, 5.74) is 1.59. The van der Waals surface area contributed by atoms with Crippen LogP contribution in [0.2, 0.25) is 0 Å². The van der Waals surface area contributed by atoms with Crippen molar-refractivity contribution in [3.8, 4) is 11.5 Å². The molecule has 0 saturated heterocycles. The van der Waals surface area contributed by atoms with Gasteiger partial charge in [-0.15, -0.1) is 5.11 Å². The average molecular weight is 558 g/mol. The summed E-state index contributed by atoms with van der Waals surface area (Å²) in [6.45, 7) is 4.39. The maximum atomic E-state index is 12.8. The molecule has 0 aromatic heterocycles. The van der Waals surface area contributed by atoms with Crippen LogP contribution in [0.4, 0.5) is 17.1 Å². The summed E-state index contributed by atoms with van der Waals surface area (Å²) in [5, 5.41) is 28.7. The van der Waals surface area contributed by atoms with Crippen LogP contribution >= 0.6 is 0 Å². The number of phenols is 2. The van der Waals surface area contributed by atoms with Crippen LogP contribution in [0.25, 0.3) is 0 Å². The maximum Gasteiger partial charge on any atom is 0.330 e. The van der Waals surface area contributed by atoms with Crippen molar-refractivity contribution in [2.75, 3.05) is 31.2 Å². The van der Waals surface area contributed by atoms with Crippen molar-refractivity contribution >= 4 is 34.8 Å². The molecule has 3 aromatic rings. The third-order valence-electron chi connectivity index (χ3n) is 5.68. The second-order valence-corrected chi connectivity index (χ2v) is 8.59. The van der Waals surface area contributed by atoms with Crippen LogP contribution in [-0.4, -0.2) is 54.2 Å². The van der Waals surface area contributed by atoms with Gasteiger partial charge in [0.05, 0.1) is 24.3 Å². The molecule has 0 unspecified atom stereocenters.